The molecule has 0 spiro atoms. The van der Waals surface area contributed by atoms with Crippen LogP contribution in [0.5, 0.6) is 0 Å². The van der Waals surface area contributed by atoms with E-state index < -0.39 is 0 Å². The van der Waals surface area contributed by atoms with E-state index in [2.05, 4.69) is 18.7 Å². The monoisotopic (exact) mass is 171 g/mol. The van der Waals surface area contributed by atoms with E-state index in [1.165, 1.54) is 19.3 Å². The van der Waals surface area contributed by atoms with Crippen molar-refractivity contribution in [3.63, 3.8) is 0 Å². The summed E-state index contributed by atoms with van der Waals surface area (Å²) in [5, 5.41) is 9.30. The number of nitrogens with zero attached hydrogens (tertiary/aromatic N) is 1. The number of likely N-dealkylation sites (tertiary alicyclic amines) is 1. The molecule has 0 aromatic carbocycles. The SMILES string of the molecule is CC1CCCC(C)N1C[C@@H](C)O. The molecule has 1 saturated heterocycles. The fourth-order valence-corrected chi connectivity index (χ4v) is 2.14. The number of aliphatic hydroxyl groups excluding tert-OH is 1. The van der Waals surface area contributed by atoms with E-state index in [0.29, 0.717) is 12.1 Å². The molecule has 12 heavy (non-hydrogen) atoms. The molecule has 0 saturated carbocycles. The van der Waals surface area contributed by atoms with E-state index in [0.717, 1.165) is 6.54 Å². The maximum atomic E-state index is 9.30. The average Bonchev–Trinajstić information content (AvgIpc) is 1.97. The van der Waals surface area contributed by atoms with Gasteiger partial charge in [0.1, 0.15) is 0 Å². The van der Waals surface area contributed by atoms with E-state index in [9.17, 15) is 5.11 Å². The van der Waals surface area contributed by atoms with E-state index in [1.807, 2.05) is 6.92 Å². The van der Waals surface area contributed by atoms with Crippen molar-refractivity contribution in [3.8, 4) is 0 Å². The predicted molar refractivity (Wildman–Crippen MR) is 51.2 cm³/mol. The van der Waals surface area contributed by atoms with E-state index >= 15 is 0 Å². The van der Waals surface area contributed by atoms with Crippen LogP contribution in [0.1, 0.15) is 40.0 Å². The van der Waals surface area contributed by atoms with Crippen molar-refractivity contribution in [2.24, 2.45) is 0 Å². The van der Waals surface area contributed by atoms with E-state index in [4.69, 9.17) is 0 Å². The standard InChI is InChI=1S/C10H21NO/c1-8-5-4-6-9(2)11(8)7-10(3)12/h8-10,12H,4-7H2,1-3H3/t8?,9?,10-/m1/s1. The quantitative estimate of drug-likeness (QED) is 0.682. The summed E-state index contributed by atoms with van der Waals surface area (Å²) in [4.78, 5) is 2.42. The normalized spacial score (nSPS) is 35.0. The summed E-state index contributed by atoms with van der Waals surface area (Å²) in [6.45, 7) is 7.23. The number of β-amino-alcohol motifs (C(OH)–C–C–N with tert-alkyl or cyclic N) is 1. The van der Waals surface area contributed by atoms with Crippen LogP contribution in [-0.2, 0) is 0 Å². The molecule has 1 rings (SSSR count). The topological polar surface area (TPSA) is 23.5 Å². The molecular weight excluding hydrogens is 150 g/mol. The molecule has 2 unspecified atom stereocenters. The van der Waals surface area contributed by atoms with Gasteiger partial charge in [-0.3, -0.25) is 4.90 Å². The summed E-state index contributed by atoms with van der Waals surface area (Å²) in [6, 6.07) is 1.31. The summed E-state index contributed by atoms with van der Waals surface area (Å²) >= 11 is 0. The maximum absolute atomic E-state index is 9.30. The lowest BCUT2D eigenvalue weighted by Gasteiger charge is -2.39. The summed E-state index contributed by atoms with van der Waals surface area (Å²) in [5.74, 6) is 0. The smallest absolute Gasteiger partial charge is 0.0639 e. The van der Waals surface area contributed by atoms with Gasteiger partial charge in [-0.2, -0.15) is 0 Å². The lowest BCUT2D eigenvalue weighted by atomic mass is 9.97. The van der Waals surface area contributed by atoms with Gasteiger partial charge in [-0.25, -0.2) is 0 Å². The molecule has 0 aromatic rings. The highest BCUT2D eigenvalue weighted by molar-refractivity contribution is 4.80. The third-order valence-electron chi connectivity index (χ3n) is 2.85. The molecule has 0 aliphatic carbocycles. The van der Waals surface area contributed by atoms with Gasteiger partial charge >= 0.3 is 0 Å². The third kappa shape index (κ3) is 2.46. The predicted octanol–water partition coefficient (Wildman–Crippen LogP) is 1.63. The summed E-state index contributed by atoms with van der Waals surface area (Å²) in [5.41, 5.74) is 0. The first-order valence-electron chi connectivity index (χ1n) is 5.05. The highest BCUT2D eigenvalue weighted by atomic mass is 16.3. The zero-order valence-corrected chi connectivity index (χ0v) is 8.45. The summed E-state index contributed by atoms with van der Waals surface area (Å²) < 4.78 is 0. The van der Waals surface area contributed by atoms with Crippen LogP contribution in [0.25, 0.3) is 0 Å². The molecule has 1 aliphatic heterocycles. The first kappa shape index (κ1) is 10.0. The first-order valence-corrected chi connectivity index (χ1v) is 5.05. The number of piperidine rings is 1. The van der Waals surface area contributed by atoms with Crippen molar-refractivity contribution in [1.29, 1.82) is 0 Å². The molecule has 1 fully saturated rings. The molecule has 2 nitrogen and oxygen atoms in total. The van der Waals surface area contributed by atoms with Gasteiger partial charge in [0.15, 0.2) is 0 Å². The van der Waals surface area contributed by atoms with Crippen LogP contribution in [0, 0.1) is 0 Å². The maximum Gasteiger partial charge on any atom is 0.0639 e. The highest BCUT2D eigenvalue weighted by Gasteiger charge is 2.24. The molecule has 1 heterocycles. The Hall–Kier alpha value is -0.0800. The molecule has 72 valence electrons. The molecule has 3 atom stereocenters. The second-order valence-corrected chi connectivity index (χ2v) is 4.17. The van der Waals surface area contributed by atoms with Gasteiger partial charge in [0.25, 0.3) is 0 Å². The van der Waals surface area contributed by atoms with Crippen LogP contribution in [0.4, 0.5) is 0 Å². The largest absolute Gasteiger partial charge is 0.392 e. The Morgan fingerprint density at radius 2 is 1.83 bits per heavy atom. The second kappa shape index (κ2) is 4.24. The Morgan fingerprint density at radius 3 is 2.25 bits per heavy atom. The molecule has 0 aromatic heterocycles. The van der Waals surface area contributed by atoms with E-state index in [-0.39, 0.29) is 6.10 Å². The molecular formula is C10H21NO. The summed E-state index contributed by atoms with van der Waals surface area (Å²) in [7, 11) is 0. The fourth-order valence-electron chi connectivity index (χ4n) is 2.14. The van der Waals surface area contributed by atoms with Crippen LogP contribution >= 0.6 is 0 Å². The second-order valence-electron chi connectivity index (χ2n) is 4.17. The molecule has 1 aliphatic rings. The van der Waals surface area contributed by atoms with Gasteiger partial charge in [-0.1, -0.05) is 6.42 Å². The number of rotatable bonds is 2. The van der Waals surface area contributed by atoms with Crippen LogP contribution < -0.4 is 0 Å². The number of aliphatic hydroxyl groups is 1. The van der Waals surface area contributed by atoms with Crippen molar-refractivity contribution in [3.05, 3.63) is 0 Å². The molecule has 0 amide bonds. The van der Waals surface area contributed by atoms with Gasteiger partial charge in [0.05, 0.1) is 6.10 Å². The molecule has 0 bridgehead atoms. The van der Waals surface area contributed by atoms with Gasteiger partial charge in [-0.05, 0) is 33.6 Å². The van der Waals surface area contributed by atoms with Gasteiger partial charge < -0.3 is 5.11 Å². The van der Waals surface area contributed by atoms with Gasteiger partial charge in [0.2, 0.25) is 0 Å². The number of hydrogen-bond donors (Lipinski definition) is 1. The van der Waals surface area contributed by atoms with Crippen molar-refractivity contribution in [2.45, 2.75) is 58.2 Å². The zero-order valence-electron chi connectivity index (χ0n) is 8.45. The van der Waals surface area contributed by atoms with Crippen molar-refractivity contribution in [1.82, 2.24) is 4.90 Å². The zero-order chi connectivity index (χ0) is 9.14. The lowest BCUT2D eigenvalue weighted by molar-refractivity contribution is 0.0489. The minimum Gasteiger partial charge on any atom is -0.392 e. The van der Waals surface area contributed by atoms with Crippen molar-refractivity contribution >= 4 is 0 Å². The third-order valence-corrected chi connectivity index (χ3v) is 2.85. The highest BCUT2D eigenvalue weighted by Crippen LogP contribution is 2.22. The fraction of sp³-hybridized carbons (Fsp3) is 1.00. The lowest BCUT2D eigenvalue weighted by Crippen LogP contribution is -2.46. The minimum absolute atomic E-state index is 0.187. The van der Waals surface area contributed by atoms with Crippen molar-refractivity contribution < 1.29 is 5.11 Å². The van der Waals surface area contributed by atoms with E-state index in [1.54, 1.807) is 0 Å². The number of hydrogen-bond acceptors (Lipinski definition) is 2. The Kier molecular flexibility index (Phi) is 3.53. The molecule has 0 radical (unpaired) electrons. The first-order chi connectivity index (χ1) is 5.61. The van der Waals surface area contributed by atoms with Crippen LogP contribution in [0.3, 0.4) is 0 Å². The Balaban J connectivity index is 2.45. The van der Waals surface area contributed by atoms with Gasteiger partial charge in [-0.15, -0.1) is 0 Å². The average molecular weight is 171 g/mol. The summed E-state index contributed by atoms with van der Waals surface area (Å²) in [6.07, 6.45) is 3.74. The van der Waals surface area contributed by atoms with Crippen molar-refractivity contribution in [2.75, 3.05) is 6.54 Å². The molecule has 2 heteroatoms. The Morgan fingerprint density at radius 1 is 1.33 bits per heavy atom. The van der Waals surface area contributed by atoms with Gasteiger partial charge in [0, 0.05) is 18.6 Å². The minimum atomic E-state index is -0.187. The molecule has 1 N–H and O–H groups in total. The van der Waals surface area contributed by atoms with Crippen LogP contribution in [-0.4, -0.2) is 34.7 Å². The van der Waals surface area contributed by atoms with Crippen LogP contribution in [0.2, 0.25) is 0 Å². The Labute approximate surface area is 75.6 Å². The van der Waals surface area contributed by atoms with Crippen LogP contribution in [0.15, 0.2) is 0 Å². The Bertz CT molecular complexity index is 126.